The molecule has 2 aliphatic rings. The van der Waals surface area contributed by atoms with Crippen molar-refractivity contribution in [1.29, 1.82) is 0 Å². The number of thioether (sulfide) groups is 1. The summed E-state index contributed by atoms with van der Waals surface area (Å²) in [5.74, 6) is 0.690. The van der Waals surface area contributed by atoms with Crippen molar-refractivity contribution < 1.29 is 9.59 Å². The third kappa shape index (κ3) is 4.49. The molecule has 1 aromatic carbocycles. The van der Waals surface area contributed by atoms with Crippen molar-refractivity contribution in [2.24, 2.45) is 5.92 Å². The summed E-state index contributed by atoms with van der Waals surface area (Å²) in [6.07, 6.45) is 1.07. The zero-order chi connectivity index (χ0) is 21.3. The van der Waals surface area contributed by atoms with Gasteiger partial charge < -0.3 is 14.8 Å². The van der Waals surface area contributed by atoms with Crippen molar-refractivity contribution in [2.45, 2.75) is 25.8 Å². The quantitative estimate of drug-likeness (QED) is 0.581. The maximum absolute atomic E-state index is 12.3. The number of hydrogen-bond acceptors (Lipinski definition) is 5. The number of fused-ring (bicyclic) bond motifs is 4. The van der Waals surface area contributed by atoms with Gasteiger partial charge in [0.1, 0.15) is 4.32 Å². The summed E-state index contributed by atoms with van der Waals surface area (Å²) in [5, 5.41) is 2.83. The molecule has 3 heterocycles. The lowest BCUT2D eigenvalue weighted by atomic mass is 9.83. The molecule has 2 aromatic rings. The molecule has 2 atom stereocenters. The predicted molar refractivity (Wildman–Crippen MR) is 123 cm³/mol. The molecule has 1 amide bonds. The standard InChI is InChI=1S/C22H23N3O3S2/c1-14(26)16-4-2-5-18(9-16)23-20(27)13-30-22(29)24-10-15-8-17(12-24)19-6-3-7-21(28)25(19)11-15/h2-7,9,15,17H,8,10-13H2,1H3,(H,23,27). The highest BCUT2D eigenvalue weighted by Crippen LogP contribution is 2.36. The number of Topliss-reactive ketones (excluding diaryl/α,β-unsaturated/α-hetero) is 1. The molecular formula is C22H23N3O3S2. The Balaban J connectivity index is 1.34. The molecule has 0 spiro atoms. The van der Waals surface area contributed by atoms with Crippen molar-refractivity contribution >= 4 is 45.7 Å². The molecule has 8 heteroatoms. The van der Waals surface area contributed by atoms with E-state index in [4.69, 9.17) is 12.2 Å². The van der Waals surface area contributed by atoms with E-state index < -0.39 is 0 Å². The van der Waals surface area contributed by atoms with Gasteiger partial charge in [-0.15, -0.1) is 0 Å². The smallest absolute Gasteiger partial charge is 0.250 e. The number of carbonyl (C=O) groups excluding carboxylic acids is 2. The minimum Gasteiger partial charge on any atom is -0.356 e. The number of ketones is 1. The Bertz CT molecular complexity index is 1070. The number of thiocarbonyl (C=S) groups is 1. The predicted octanol–water partition coefficient (Wildman–Crippen LogP) is 3.13. The highest BCUT2D eigenvalue weighted by atomic mass is 32.2. The number of amides is 1. The third-order valence-corrected chi connectivity index (χ3v) is 7.14. The fraction of sp³-hybridized carbons (Fsp3) is 0.364. The number of piperidine rings is 1. The second-order valence-electron chi connectivity index (χ2n) is 7.84. The van der Waals surface area contributed by atoms with Crippen molar-refractivity contribution in [3.63, 3.8) is 0 Å². The normalized spacial score (nSPS) is 19.7. The summed E-state index contributed by atoms with van der Waals surface area (Å²) >= 11 is 6.96. The molecular weight excluding hydrogens is 418 g/mol. The van der Waals surface area contributed by atoms with Gasteiger partial charge in [0.15, 0.2) is 5.78 Å². The van der Waals surface area contributed by atoms with Crippen molar-refractivity contribution in [3.8, 4) is 0 Å². The first kappa shape index (κ1) is 20.8. The van der Waals surface area contributed by atoms with Crippen LogP contribution in [-0.4, -0.2) is 44.3 Å². The van der Waals surface area contributed by atoms with Crippen molar-refractivity contribution in [1.82, 2.24) is 9.47 Å². The van der Waals surface area contributed by atoms with Gasteiger partial charge in [-0.2, -0.15) is 0 Å². The largest absolute Gasteiger partial charge is 0.356 e. The number of aromatic nitrogens is 1. The van der Waals surface area contributed by atoms with E-state index in [0.29, 0.717) is 21.5 Å². The molecule has 4 rings (SSSR count). The number of nitrogens with one attached hydrogen (secondary N) is 1. The molecule has 0 saturated carbocycles. The van der Waals surface area contributed by atoms with E-state index in [-0.39, 0.29) is 28.9 Å². The Morgan fingerprint density at radius 2 is 1.97 bits per heavy atom. The monoisotopic (exact) mass is 441 g/mol. The summed E-state index contributed by atoms with van der Waals surface area (Å²) in [6, 6.07) is 12.4. The van der Waals surface area contributed by atoms with Crippen LogP contribution >= 0.6 is 24.0 Å². The van der Waals surface area contributed by atoms with Crippen LogP contribution in [0.15, 0.2) is 47.3 Å². The van der Waals surface area contributed by atoms with E-state index in [9.17, 15) is 14.4 Å². The lowest BCUT2D eigenvalue weighted by Crippen LogP contribution is -2.48. The topological polar surface area (TPSA) is 71.4 Å². The minimum atomic E-state index is -0.155. The van der Waals surface area contributed by atoms with Crippen LogP contribution in [0.25, 0.3) is 0 Å². The Kier molecular flexibility index (Phi) is 6.06. The minimum absolute atomic E-state index is 0.0406. The SMILES string of the molecule is CC(=O)c1cccc(NC(=O)CSC(=S)N2CC3CC(C2)c2cccc(=O)n2C3)c1. The molecule has 156 valence electrons. The van der Waals surface area contributed by atoms with Crippen LogP contribution in [0.1, 0.15) is 35.3 Å². The van der Waals surface area contributed by atoms with Crippen LogP contribution in [0.3, 0.4) is 0 Å². The molecule has 1 N–H and O–H groups in total. The third-order valence-electron chi connectivity index (χ3n) is 5.62. The highest BCUT2D eigenvalue weighted by Gasteiger charge is 2.35. The molecule has 2 bridgehead atoms. The van der Waals surface area contributed by atoms with Gasteiger partial charge in [-0.3, -0.25) is 14.4 Å². The Morgan fingerprint density at radius 1 is 1.17 bits per heavy atom. The van der Waals surface area contributed by atoms with Gasteiger partial charge in [-0.25, -0.2) is 0 Å². The van der Waals surface area contributed by atoms with Crippen LogP contribution in [0.4, 0.5) is 5.69 Å². The second-order valence-corrected chi connectivity index (χ2v) is 9.45. The van der Waals surface area contributed by atoms with E-state index in [2.05, 4.69) is 10.2 Å². The van der Waals surface area contributed by atoms with Crippen LogP contribution in [-0.2, 0) is 11.3 Å². The maximum atomic E-state index is 12.3. The maximum Gasteiger partial charge on any atom is 0.250 e. The number of likely N-dealkylation sites (tertiary alicyclic amines) is 1. The van der Waals surface area contributed by atoms with Gasteiger partial charge in [-0.1, -0.05) is 42.2 Å². The lowest BCUT2D eigenvalue weighted by Gasteiger charge is -2.43. The number of benzene rings is 1. The van der Waals surface area contributed by atoms with Crippen LogP contribution < -0.4 is 10.9 Å². The number of hydrogen-bond donors (Lipinski definition) is 1. The second kappa shape index (κ2) is 8.73. The van der Waals surface area contributed by atoms with Crippen LogP contribution in [0.5, 0.6) is 0 Å². The molecule has 6 nitrogen and oxygen atoms in total. The zero-order valence-corrected chi connectivity index (χ0v) is 18.3. The first-order valence-electron chi connectivity index (χ1n) is 9.93. The average molecular weight is 442 g/mol. The molecule has 2 unspecified atom stereocenters. The molecule has 1 fully saturated rings. The van der Waals surface area contributed by atoms with E-state index in [1.165, 1.54) is 18.7 Å². The van der Waals surface area contributed by atoms with E-state index >= 15 is 0 Å². The summed E-state index contributed by atoms with van der Waals surface area (Å²) in [4.78, 5) is 38.2. The number of nitrogens with zero attached hydrogens (tertiary/aromatic N) is 2. The fourth-order valence-corrected chi connectivity index (χ4v) is 5.26. The summed E-state index contributed by atoms with van der Waals surface area (Å²) < 4.78 is 2.61. The first-order valence-corrected chi connectivity index (χ1v) is 11.3. The van der Waals surface area contributed by atoms with Gasteiger partial charge in [0.25, 0.3) is 5.56 Å². The van der Waals surface area contributed by atoms with Crippen LogP contribution in [0.2, 0.25) is 0 Å². The van der Waals surface area contributed by atoms with E-state index in [1.54, 1.807) is 30.3 Å². The van der Waals surface area contributed by atoms with Gasteiger partial charge >= 0.3 is 0 Å². The molecule has 30 heavy (non-hydrogen) atoms. The molecule has 0 aliphatic carbocycles. The number of pyridine rings is 1. The number of carbonyl (C=O) groups is 2. The average Bonchev–Trinajstić information content (AvgIpc) is 2.73. The number of rotatable bonds is 4. The van der Waals surface area contributed by atoms with Gasteiger partial charge in [0, 0.05) is 48.6 Å². The summed E-state index contributed by atoms with van der Waals surface area (Å²) in [7, 11) is 0. The zero-order valence-electron chi connectivity index (χ0n) is 16.7. The van der Waals surface area contributed by atoms with E-state index in [0.717, 1.165) is 31.7 Å². The lowest BCUT2D eigenvalue weighted by molar-refractivity contribution is -0.113. The Hall–Kier alpha value is -2.45. The summed E-state index contributed by atoms with van der Waals surface area (Å²) in [6.45, 7) is 3.81. The highest BCUT2D eigenvalue weighted by molar-refractivity contribution is 8.23. The summed E-state index contributed by atoms with van der Waals surface area (Å²) in [5.41, 5.74) is 2.32. The van der Waals surface area contributed by atoms with Gasteiger partial charge in [0.05, 0.1) is 5.75 Å². The van der Waals surface area contributed by atoms with Gasteiger partial charge in [0.2, 0.25) is 5.91 Å². The van der Waals surface area contributed by atoms with Crippen molar-refractivity contribution in [3.05, 3.63) is 64.1 Å². The molecule has 2 aliphatic heterocycles. The molecule has 0 radical (unpaired) electrons. The number of anilines is 1. The van der Waals surface area contributed by atoms with Crippen LogP contribution in [0, 0.1) is 5.92 Å². The molecule has 1 aromatic heterocycles. The van der Waals surface area contributed by atoms with Crippen molar-refractivity contribution in [2.75, 3.05) is 24.2 Å². The fourth-order valence-electron chi connectivity index (χ4n) is 4.28. The van der Waals surface area contributed by atoms with E-state index in [1.807, 2.05) is 16.7 Å². The Labute approximate surface area is 184 Å². The molecule has 1 saturated heterocycles. The van der Waals surface area contributed by atoms with Gasteiger partial charge in [-0.05, 0) is 37.5 Å². The Morgan fingerprint density at radius 3 is 2.77 bits per heavy atom. The first-order chi connectivity index (χ1) is 14.4.